The Morgan fingerprint density at radius 3 is 2.42 bits per heavy atom. The molecule has 4 aromatic rings. The molecule has 0 spiro atoms. The number of ether oxygens (including phenoxy) is 1. The Bertz CT molecular complexity index is 1030. The topological polar surface area (TPSA) is 61.3 Å². The zero-order chi connectivity index (χ0) is 18.1. The van der Waals surface area contributed by atoms with Crippen LogP contribution in [0.4, 0.5) is 0 Å². The first kappa shape index (κ1) is 16.1. The van der Waals surface area contributed by atoms with Crippen LogP contribution in [0.15, 0.2) is 64.0 Å². The van der Waals surface area contributed by atoms with Gasteiger partial charge in [0.05, 0.1) is 19.5 Å². The SMILES string of the molecule is COc1cc(-c2oncc2-c2ccc(-c3ncco3)cc2)cc(C)c1C. The highest BCUT2D eigenvalue weighted by atomic mass is 16.5. The van der Waals surface area contributed by atoms with Gasteiger partial charge in [0, 0.05) is 16.7 Å². The molecule has 0 fully saturated rings. The van der Waals surface area contributed by atoms with Crippen LogP contribution < -0.4 is 4.74 Å². The summed E-state index contributed by atoms with van der Waals surface area (Å²) in [5.74, 6) is 2.15. The Kier molecular flexibility index (Phi) is 4.05. The normalized spacial score (nSPS) is 10.9. The molecular formula is C21H18N2O3. The van der Waals surface area contributed by atoms with Crippen molar-refractivity contribution in [2.24, 2.45) is 0 Å². The standard InChI is InChI=1S/C21H18N2O3/c1-13-10-17(11-19(24-3)14(13)2)20-18(12-23-26-20)15-4-6-16(7-5-15)21-22-8-9-25-21/h4-12H,1-3H3. The number of oxazole rings is 1. The van der Waals surface area contributed by atoms with Gasteiger partial charge in [0.2, 0.25) is 5.89 Å². The monoisotopic (exact) mass is 346 g/mol. The first-order chi connectivity index (χ1) is 12.7. The van der Waals surface area contributed by atoms with Crippen molar-refractivity contribution in [1.82, 2.24) is 10.1 Å². The van der Waals surface area contributed by atoms with Crippen molar-refractivity contribution in [3.63, 3.8) is 0 Å². The third-order valence-corrected chi connectivity index (χ3v) is 4.55. The van der Waals surface area contributed by atoms with Gasteiger partial charge >= 0.3 is 0 Å². The molecule has 2 aromatic carbocycles. The largest absolute Gasteiger partial charge is 0.496 e. The molecule has 0 bridgehead atoms. The summed E-state index contributed by atoms with van der Waals surface area (Å²) >= 11 is 0. The predicted molar refractivity (Wildman–Crippen MR) is 98.9 cm³/mol. The van der Waals surface area contributed by atoms with Gasteiger partial charge in [-0.3, -0.25) is 0 Å². The van der Waals surface area contributed by atoms with Gasteiger partial charge in [-0.2, -0.15) is 0 Å². The third-order valence-electron chi connectivity index (χ3n) is 4.55. The van der Waals surface area contributed by atoms with Crippen molar-refractivity contribution in [3.8, 4) is 39.7 Å². The van der Waals surface area contributed by atoms with E-state index in [0.29, 0.717) is 5.89 Å². The summed E-state index contributed by atoms with van der Waals surface area (Å²) in [5, 5.41) is 4.01. The van der Waals surface area contributed by atoms with Gasteiger partial charge in [-0.05, 0) is 54.8 Å². The molecule has 5 heteroatoms. The Morgan fingerprint density at radius 1 is 0.962 bits per heavy atom. The van der Waals surface area contributed by atoms with Crippen molar-refractivity contribution < 1.29 is 13.7 Å². The van der Waals surface area contributed by atoms with E-state index in [4.69, 9.17) is 13.7 Å². The molecule has 0 radical (unpaired) electrons. The van der Waals surface area contributed by atoms with Crippen LogP contribution >= 0.6 is 0 Å². The van der Waals surface area contributed by atoms with Gasteiger partial charge in [-0.15, -0.1) is 0 Å². The van der Waals surface area contributed by atoms with Gasteiger partial charge in [0.15, 0.2) is 5.76 Å². The second-order valence-electron chi connectivity index (χ2n) is 6.10. The summed E-state index contributed by atoms with van der Waals surface area (Å²) in [6.07, 6.45) is 4.93. The Balaban J connectivity index is 1.75. The van der Waals surface area contributed by atoms with Crippen LogP contribution in [0.2, 0.25) is 0 Å². The molecule has 0 saturated heterocycles. The van der Waals surface area contributed by atoms with E-state index in [1.165, 1.54) is 0 Å². The number of hydrogen-bond donors (Lipinski definition) is 0. The summed E-state index contributed by atoms with van der Waals surface area (Å²) in [6.45, 7) is 4.10. The molecule has 26 heavy (non-hydrogen) atoms. The van der Waals surface area contributed by atoms with E-state index in [1.54, 1.807) is 25.8 Å². The highest BCUT2D eigenvalue weighted by Gasteiger charge is 2.16. The number of rotatable bonds is 4. The van der Waals surface area contributed by atoms with Gasteiger partial charge in [0.1, 0.15) is 12.0 Å². The average Bonchev–Trinajstić information content (AvgIpc) is 3.36. The minimum atomic E-state index is 0.598. The first-order valence-corrected chi connectivity index (χ1v) is 8.28. The molecule has 0 aliphatic carbocycles. The number of nitrogens with zero attached hydrogens (tertiary/aromatic N) is 2. The lowest BCUT2D eigenvalue weighted by Crippen LogP contribution is -1.92. The molecule has 2 heterocycles. The number of aryl methyl sites for hydroxylation is 1. The summed E-state index contributed by atoms with van der Waals surface area (Å²) in [6, 6.07) is 12.0. The Morgan fingerprint density at radius 2 is 1.73 bits per heavy atom. The summed E-state index contributed by atoms with van der Waals surface area (Å²) in [4.78, 5) is 4.17. The van der Waals surface area contributed by atoms with E-state index >= 15 is 0 Å². The lowest BCUT2D eigenvalue weighted by Gasteiger charge is -2.10. The van der Waals surface area contributed by atoms with Crippen LogP contribution in [0, 0.1) is 13.8 Å². The number of aromatic nitrogens is 2. The van der Waals surface area contributed by atoms with Crippen LogP contribution in [0.25, 0.3) is 33.9 Å². The number of methoxy groups -OCH3 is 1. The van der Waals surface area contributed by atoms with E-state index in [0.717, 1.165) is 44.9 Å². The molecule has 5 nitrogen and oxygen atoms in total. The van der Waals surface area contributed by atoms with Crippen molar-refractivity contribution in [1.29, 1.82) is 0 Å². The number of hydrogen-bond acceptors (Lipinski definition) is 5. The van der Waals surface area contributed by atoms with Crippen LogP contribution in [-0.2, 0) is 0 Å². The van der Waals surface area contributed by atoms with E-state index in [1.807, 2.05) is 37.3 Å². The van der Waals surface area contributed by atoms with Crippen LogP contribution in [0.5, 0.6) is 5.75 Å². The lowest BCUT2D eigenvalue weighted by atomic mass is 9.98. The van der Waals surface area contributed by atoms with Gasteiger partial charge in [0.25, 0.3) is 0 Å². The second kappa shape index (κ2) is 6.52. The summed E-state index contributed by atoms with van der Waals surface area (Å²) in [5.41, 5.74) is 6.05. The van der Waals surface area contributed by atoms with Crippen molar-refractivity contribution >= 4 is 0 Å². The molecule has 0 unspecified atom stereocenters. The summed E-state index contributed by atoms with van der Waals surface area (Å²) < 4.78 is 16.4. The molecule has 0 aliphatic rings. The fourth-order valence-electron chi connectivity index (χ4n) is 2.98. The maximum Gasteiger partial charge on any atom is 0.225 e. The van der Waals surface area contributed by atoms with Crippen molar-refractivity contribution in [2.75, 3.05) is 7.11 Å². The fraction of sp³-hybridized carbons (Fsp3) is 0.143. The van der Waals surface area contributed by atoms with E-state index in [-0.39, 0.29) is 0 Å². The highest BCUT2D eigenvalue weighted by Crippen LogP contribution is 2.36. The average molecular weight is 346 g/mol. The lowest BCUT2D eigenvalue weighted by molar-refractivity contribution is 0.410. The van der Waals surface area contributed by atoms with Crippen LogP contribution in [-0.4, -0.2) is 17.3 Å². The van der Waals surface area contributed by atoms with Crippen molar-refractivity contribution in [2.45, 2.75) is 13.8 Å². The first-order valence-electron chi connectivity index (χ1n) is 8.28. The zero-order valence-electron chi connectivity index (χ0n) is 14.8. The van der Waals surface area contributed by atoms with Crippen LogP contribution in [0.1, 0.15) is 11.1 Å². The molecule has 0 aliphatic heterocycles. The van der Waals surface area contributed by atoms with Gasteiger partial charge in [-0.1, -0.05) is 17.3 Å². The Hall–Kier alpha value is -3.34. The summed E-state index contributed by atoms with van der Waals surface area (Å²) in [7, 11) is 1.67. The maximum absolute atomic E-state index is 5.57. The minimum absolute atomic E-state index is 0.598. The van der Waals surface area contributed by atoms with Gasteiger partial charge < -0.3 is 13.7 Å². The maximum atomic E-state index is 5.57. The molecule has 130 valence electrons. The molecule has 0 amide bonds. The van der Waals surface area contributed by atoms with Crippen LogP contribution in [0.3, 0.4) is 0 Å². The van der Waals surface area contributed by atoms with Crippen molar-refractivity contribution in [3.05, 3.63) is 66.2 Å². The fourth-order valence-corrected chi connectivity index (χ4v) is 2.98. The van der Waals surface area contributed by atoms with E-state index in [2.05, 4.69) is 23.1 Å². The molecule has 0 saturated carbocycles. The molecule has 0 N–H and O–H groups in total. The third kappa shape index (κ3) is 2.77. The Labute approximate surface area is 151 Å². The molecule has 4 rings (SSSR count). The minimum Gasteiger partial charge on any atom is -0.496 e. The van der Waals surface area contributed by atoms with E-state index < -0.39 is 0 Å². The zero-order valence-corrected chi connectivity index (χ0v) is 14.8. The second-order valence-corrected chi connectivity index (χ2v) is 6.10. The van der Waals surface area contributed by atoms with Gasteiger partial charge in [-0.25, -0.2) is 4.98 Å². The molecule has 2 aromatic heterocycles. The quantitative estimate of drug-likeness (QED) is 0.502. The smallest absolute Gasteiger partial charge is 0.225 e. The molecule has 0 atom stereocenters. The predicted octanol–water partition coefficient (Wildman–Crippen LogP) is 5.29. The molecular weight excluding hydrogens is 328 g/mol. The highest BCUT2D eigenvalue weighted by molar-refractivity contribution is 5.80. The van der Waals surface area contributed by atoms with E-state index in [9.17, 15) is 0 Å². The number of benzene rings is 2.